The van der Waals surface area contributed by atoms with Gasteiger partial charge in [0, 0.05) is 35.8 Å². The van der Waals surface area contributed by atoms with Crippen molar-refractivity contribution >= 4 is 28.3 Å². The first kappa shape index (κ1) is 21.5. The Morgan fingerprint density at radius 2 is 1.81 bits per heavy atom. The van der Waals surface area contributed by atoms with Gasteiger partial charge < -0.3 is 14.7 Å². The van der Waals surface area contributed by atoms with Crippen molar-refractivity contribution in [3.05, 3.63) is 36.0 Å². The van der Waals surface area contributed by atoms with Crippen molar-refractivity contribution in [2.75, 3.05) is 42.3 Å². The van der Waals surface area contributed by atoms with Crippen LogP contribution in [0.1, 0.15) is 31.4 Å². The van der Waals surface area contributed by atoms with Crippen LogP contribution in [0.2, 0.25) is 0 Å². The predicted octanol–water partition coefficient (Wildman–Crippen LogP) is 2.49. The molecule has 0 spiro atoms. The lowest BCUT2D eigenvalue weighted by Crippen LogP contribution is -2.37. The predicted molar refractivity (Wildman–Crippen MR) is 117 cm³/mol. The maximum atomic E-state index is 11.7. The van der Waals surface area contributed by atoms with Gasteiger partial charge in [0.1, 0.15) is 16.5 Å². The number of anilines is 2. The summed E-state index contributed by atoms with van der Waals surface area (Å²) in [5, 5.41) is 11.2. The van der Waals surface area contributed by atoms with Crippen LogP contribution in [-0.2, 0) is 20.9 Å². The first-order valence-electron chi connectivity index (χ1n) is 10.4. The van der Waals surface area contributed by atoms with E-state index in [-0.39, 0.29) is 5.75 Å². The fraction of sp³-hybridized carbons (Fsp3) is 0.476. The molecule has 4 rings (SSSR count). The molecule has 0 radical (unpaired) electrons. The molecule has 2 N–H and O–H groups in total. The third kappa shape index (κ3) is 4.96. The fourth-order valence-corrected chi connectivity index (χ4v) is 5.38. The topological polar surface area (TPSA) is 122 Å². The van der Waals surface area contributed by atoms with E-state index in [0.717, 1.165) is 42.8 Å². The number of amides is 1. The number of ether oxygens (including phenoxy) is 1. The summed E-state index contributed by atoms with van der Waals surface area (Å²) < 4.78 is 28.9. The van der Waals surface area contributed by atoms with Gasteiger partial charge in [-0.05, 0) is 37.1 Å². The minimum atomic E-state index is -2.54. The maximum absolute atomic E-state index is 11.7. The summed E-state index contributed by atoms with van der Waals surface area (Å²) in [5.41, 5.74) is 1.48. The van der Waals surface area contributed by atoms with Crippen molar-refractivity contribution in [1.29, 1.82) is 0 Å². The zero-order valence-corrected chi connectivity index (χ0v) is 18.0. The fourth-order valence-electron chi connectivity index (χ4n) is 4.41. The van der Waals surface area contributed by atoms with Crippen LogP contribution in [-0.4, -0.2) is 61.6 Å². The Morgan fingerprint density at radius 1 is 1.13 bits per heavy atom. The molecule has 0 atom stereocenters. The smallest absolute Gasteiger partial charge is 0.409 e. The Balaban J connectivity index is 1.77. The quantitative estimate of drug-likeness (QED) is 0.579. The van der Waals surface area contributed by atoms with Crippen LogP contribution in [0.5, 0.6) is 0 Å². The van der Waals surface area contributed by atoms with Crippen LogP contribution in [0.4, 0.5) is 16.3 Å². The second-order valence-electron chi connectivity index (χ2n) is 8.02. The van der Waals surface area contributed by atoms with E-state index in [4.69, 9.17) is 19.8 Å². The molecule has 166 valence electrons. The summed E-state index contributed by atoms with van der Waals surface area (Å²) in [6, 6.07) is 8.80. The molecule has 2 fully saturated rings. The second-order valence-corrected chi connectivity index (χ2v) is 9.00. The highest BCUT2D eigenvalue weighted by Crippen LogP contribution is 2.42. The average molecular weight is 447 g/mol. The molecule has 0 unspecified atom stereocenters. The number of carbonyl (C=O) groups is 1. The Bertz CT molecular complexity index is 1000. The largest absolute Gasteiger partial charge is 0.465 e. The normalized spacial score (nSPS) is 18.3. The summed E-state index contributed by atoms with van der Waals surface area (Å²) >= 11 is 0. The minimum Gasteiger partial charge on any atom is -0.465 e. The third-order valence-corrected chi connectivity index (χ3v) is 6.84. The molecule has 9 nitrogen and oxygen atoms in total. The highest BCUT2D eigenvalue weighted by atomic mass is 32.2. The zero-order valence-electron chi connectivity index (χ0n) is 17.1. The van der Waals surface area contributed by atoms with Crippen molar-refractivity contribution in [1.82, 2.24) is 9.97 Å². The molecule has 1 amide bonds. The lowest BCUT2D eigenvalue weighted by molar-refractivity contribution is 0.122. The average Bonchev–Trinajstić information content (AvgIpc) is 3.23. The first-order valence-corrected chi connectivity index (χ1v) is 11.8. The summed E-state index contributed by atoms with van der Waals surface area (Å²) in [4.78, 5) is 22.6. The number of nitrogens with zero attached hydrogens (tertiary/aromatic N) is 3. The standard InChI is InChI=1S/C21H26N4O5S/c26-20(27)22-16-5-3-15(4-6-16)19-23-17(21(14-31(28)29)7-1-2-8-21)13-18(24-19)25-9-11-30-12-10-25/h3-6,13,22,31H,1-2,7-12,14H2,(H,26,27). The number of rotatable bonds is 6. The van der Waals surface area contributed by atoms with Crippen LogP contribution in [0, 0.1) is 0 Å². The van der Waals surface area contributed by atoms with Crippen LogP contribution in [0.25, 0.3) is 11.4 Å². The zero-order chi connectivity index (χ0) is 21.8. The molecule has 10 heteroatoms. The highest BCUT2D eigenvalue weighted by Gasteiger charge is 2.39. The van der Waals surface area contributed by atoms with Gasteiger partial charge in [-0.3, -0.25) is 5.32 Å². The van der Waals surface area contributed by atoms with Gasteiger partial charge in [-0.25, -0.2) is 23.2 Å². The van der Waals surface area contributed by atoms with E-state index >= 15 is 0 Å². The van der Waals surface area contributed by atoms with Gasteiger partial charge in [0.15, 0.2) is 5.82 Å². The van der Waals surface area contributed by atoms with Crippen molar-refractivity contribution in [2.45, 2.75) is 31.1 Å². The van der Waals surface area contributed by atoms with E-state index < -0.39 is 22.2 Å². The van der Waals surface area contributed by atoms with E-state index in [1.54, 1.807) is 24.3 Å². The third-order valence-electron chi connectivity index (χ3n) is 5.98. The van der Waals surface area contributed by atoms with Gasteiger partial charge in [0.25, 0.3) is 0 Å². The molecule has 1 aliphatic heterocycles. The molecule has 2 aromatic rings. The first-order chi connectivity index (χ1) is 14.9. The van der Waals surface area contributed by atoms with Gasteiger partial charge in [0.05, 0.1) is 24.7 Å². The van der Waals surface area contributed by atoms with Crippen LogP contribution in [0.15, 0.2) is 30.3 Å². The monoisotopic (exact) mass is 446 g/mol. The molecular formula is C21H26N4O5S. The van der Waals surface area contributed by atoms with Gasteiger partial charge in [-0.1, -0.05) is 12.8 Å². The Hall–Kier alpha value is -2.72. The van der Waals surface area contributed by atoms with Gasteiger partial charge in [-0.15, -0.1) is 0 Å². The molecule has 1 saturated carbocycles. The Labute approximate surface area is 182 Å². The number of benzene rings is 1. The van der Waals surface area contributed by atoms with Gasteiger partial charge in [0.2, 0.25) is 0 Å². The molecule has 2 heterocycles. The number of carboxylic acid groups (broad SMARTS) is 1. The van der Waals surface area contributed by atoms with Crippen LogP contribution >= 0.6 is 0 Å². The summed E-state index contributed by atoms with van der Waals surface area (Å²) in [5.74, 6) is 1.36. The number of morpholine rings is 1. The summed E-state index contributed by atoms with van der Waals surface area (Å²) in [6.45, 7) is 2.64. The number of hydrogen-bond donors (Lipinski definition) is 3. The lowest BCUT2D eigenvalue weighted by atomic mass is 9.84. The van der Waals surface area contributed by atoms with Crippen LogP contribution in [0.3, 0.4) is 0 Å². The molecule has 1 aromatic carbocycles. The summed E-state index contributed by atoms with van der Waals surface area (Å²) in [6.07, 6.45) is 2.40. The molecule has 1 aromatic heterocycles. The Morgan fingerprint density at radius 3 is 2.42 bits per heavy atom. The van der Waals surface area contributed by atoms with Crippen molar-refractivity contribution in [2.24, 2.45) is 0 Å². The summed E-state index contributed by atoms with van der Waals surface area (Å²) in [7, 11) is -2.54. The molecular weight excluding hydrogens is 420 g/mol. The number of nitrogens with one attached hydrogen (secondary N) is 1. The lowest BCUT2D eigenvalue weighted by Gasteiger charge is -2.31. The number of thiol groups is 1. The maximum Gasteiger partial charge on any atom is 0.409 e. The van der Waals surface area contributed by atoms with Gasteiger partial charge >= 0.3 is 6.09 Å². The van der Waals surface area contributed by atoms with E-state index in [1.165, 1.54) is 0 Å². The Kier molecular flexibility index (Phi) is 6.38. The second kappa shape index (κ2) is 9.19. The van der Waals surface area contributed by atoms with Crippen molar-refractivity contribution < 1.29 is 23.1 Å². The molecule has 2 aliphatic rings. The molecule has 1 saturated heterocycles. The number of aromatic nitrogens is 2. The van der Waals surface area contributed by atoms with E-state index in [1.807, 2.05) is 6.07 Å². The molecule has 31 heavy (non-hydrogen) atoms. The SMILES string of the molecule is O=C(O)Nc1ccc(-c2nc(N3CCOCC3)cc(C3(C[SH](=O)=O)CCCC3)n2)cc1. The highest BCUT2D eigenvalue weighted by molar-refractivity contribution is 7.72. The molecule has 1 aliphatic carbocycles. The van der Waals surface area contributed by atoms with E-state index in [0.29, 0.717) is 37.8 Å². The van der Waals surface area contributed by atoms with Gasteiger partial charge in [-0.2, -0.15) is 0 Å². The van der Waals surface area contributed by atoms with Crippen molar-refractivity contribution in [3.63, 3.8) is 0 Å². The number of hydrogen-bond acceptors (Lipinski definition) is 7. The van der Waals surface area contributed by atoms with Crippen molar-refractivity contribution in [3.8, 4) is 11.4 Å². The minimum absolute atomic E-state index is 0.0861. The van der Waals surface area contributed by atoms with E-state index in [2.05, 4.69) is 10.2 Å². The molecule has 0 bridgehead atoms. The van der Waals surface area contributed by atoms with E-state index in [9.17, 15) is 13.2 Å². The van der Waals surface area contributed by atoms with Crippen LogP contribution < -0.4 is 10.2 Å².